The molecule has 1 fully saturated rings. The quantitative estimate of drug-likeness (QED) is 0.565. The second kappa shape index (κ2) is 7.72. The SMILES string of the molecule is OC(CCCCl)(c1ccc(CS)cc1)C1CCCCC1. The Morgan fingerprint density at radius 2 is 1.80 bits per heavy atom. The van der Waals surface area contributed by atoms with Crippen molar-refractivity contribution in [3.63, 3.8) is 0 Å². The predicted molar refractivity (Wildman–Crippen MR) is 89.6 cm³/mol. The number of hydrogen-bond donors (Lipinski definition) is 2. The lowest BCUT2D eigenvalue weighted by molar-refractivity contribution is -0.0465. The highest BCUT2D eigenvalue weighted by Crippen LogP contribution is 2.42. The third-order valence-corrected chi connectivity index (χ3v) is 5.24. The average molecular weight is 313 g/mol. The number of aliphatic hydroxyl groups is 1. The molecule has 1 aromatic carbocycles. The standard InChI is InChI=1S/C17H25ClOS/c18-12-4-11-17(19,15-5-2-1-3-6-15)16-9-7-14(13-20)8-10-16/h7-10,15,19-20H,1-6,11-13H2. The van der Waals surface area contributed by atoms with Gasteiger partial charge in [0.15, 0.2) is 0 Å². The summed E-state index contributed by atoms with van der Waals surface area (Å²) in [6.07, 6.45) is 7.68. The van der Waals surface area contributed by atoms with Crippen LogP contribution in [0.2, 0.25) is 0 Å². The first-order chi connectivity index (χ1) is 9.70. The van der Waals surface area contributed by atoms with E-state index in [0.29, 0.717) is 11.8 Å². The zero-order chi connectivity index (χ0) is 14.4. The van der Waals surface area contributed by atoms with E-state index in [4.69, 9.17) is 11.6 Å². The van der Waals surface area contributed by atoms with Gasteiger partial charge in [-0.1, -0.05) is 43.5 Å². The van der Waals surface area contributed by atoms with E-state index in [0.717, 1.165) is 37.0 Å². The second-order valence-corrected chi connectivity index (χ2v) is 6.60. The van der Waals surface area contributed by atoms with Crippen molar-refractivity contribution in [1.29, 1.82) is 0 Å². The van der Waals surface area contributed by atoms with Gasteiger partial charge in [0.1, 0.15) is 0 Å². The summed E-state index contributed by atoms with van der Waals surface area (Å²) >= 11 is 10.2. The molecular formula is C17H25ClOS. The van der Waals surface area contributed by atoms with Gasteiger partial charge >= 0.3 is 0 Å². The van der Waals surface area contributed by atoms with Gasteiger partial charge in [0, 0.05) is 11.6 Å². The first-order valence-corrected chi connectivity index (χ1v) is 8.86. The van der Waals surface area contributed by atoms with Crippen LogP contribution in [0.1, 0.15) is 56.1 Å². The van der Waals surface area contributed by atoms with Crippen LogP contribution in [0.5, 0.6) is 0 Å². The molecule has 0 radical (unpaired) electrons. The van der Waals surface area contributed by atoms with Gasteiger partial charge in [-0.2, -0.15) is 12.6 Å². The summed E-state index contributed by atoms with van der Waals surface area (Å²) in [7, 11) is 0. The topological polar surface area (TPSA) is 20.2 Å². The zero-order valence-electron chi connectivity index (χ0n) is 12.0. The molecular weight excluding hydrogens is 288 g/mol. The van der Waals surface area contributed by atoms with Crippen LogP contribution in [0.3, 0.4) is 0 Å². The van der Waals surface area contributed by atoms with Crippen molar-refractivity contribution in [1.82, 2.24) is 0 Å². The number of thiol groups is 1. The molecule has 0 saturated heterocycles. The Balaban J connectivity index is 2.23. The maximum absolute atomic E-state index is 11.3. The lowest BCUT2D eigenvalue weighted by Gasteiger charge is -2.39. The van der Waals surface area contributed by atoms with Crippen molar-refractivity contribution < 1.29 is 5.11 Å². The van der Waals surface area contributed by atoms with Gasteiger partial charge in [-0.3, -0.25) is 0 Å². The van der Waals surface area contributed by atoms with Gasteiger partial charge in [-0.15, -0.1) is 11.6 Å². The van der Waals surface area contributed by atoms with Crippen molar-refractivity contribution in [3.05, 3.63) is 35.4 Å². The highest BCUT2D eigenvalue weighted by atomic mass is 35.5. The zero-order valence-corrected chi connectivity index (χ0v) is 13.7. The molecule has 0 aromatic heterocycles. The Kier molecular flexibility index (Phi) is 6.25. The molecule has 1 aliphatic rings. The van der Waals surface area contributed by atoms with Gasteiger partial charge in [-0.25, -0.2) is 0 Å². The molecule has 1 saturated carbocycles. The van der Waals surface area contributed by atoms with E-state index < -0.39 is 5.60 Å². The molecule has 3 heteroatoms. The fourth-order valence-electron chi connectivity index (χ4n) is 3.40. The van der Waals surface area contributed by atoms with E-state index in [9.17, 15) is 5.11 Å². The van der Waals surface area contributed by atoms with Gasteiger partial charge in [-0.05, 0) is 42.7 Å². The van der Waals surface area contributed by atoms with Gasteiger partial charge in [0.2, 0.25) is 0 Å². The fourth-order valence-corrected chi connectivity index (χ4v) is 3.74. The molecule has 0 heterocycles. The first-order valence-electron chi connectivity index (χ1n) is 7.69. The summed E-state index contributed by atoms with van der Waals surface area (Å²) in [4.78, 5) is 0. The van der Waals surface area contributed by atoms with Crippen molar-refractivity contribution in [3.8, 4) is 0 Å². The monoisotopic (exact) mass is 312 g/mol. The van der Waals surface area contributed by atoms with E-state index in [2.05, 4.69) is 36.9 Å². The highest BCUT2D eigenvalue weighted by molar-refractivity contribution is 7.79. The largest absolute Gasteiger partial charge is 0.385 e. The van der Waals surface area contributed by atoms with E-state index in [1.54, 1.807) is 0 Å². The molecule has 0 aliphatic heterocycles. The fraction of sp³-hybridized carbons (Fsp3) is 0.647. The normalized spacial score (nSPS) is 19.8. The van der Waals surface area contributed by atoms with Crippen LogP contribution >= 0.6 is 24.2 Å². The molecule has 0 bridgehead atoms. The Hall–Kier alpha value is -0.180. The van der Waals surface area contributed by atoms with E-state index in [1.807, 2.05) is 0 Å². The Morgan fingerprint density at radius 1 is 1.15 bits per heavy atom. The van der Waals surface area contributed by atoms with E-state index in [-0.39, 0.29) is 0 Å². The summed E-state index contributed by atoms with van der Waals surface area (Å²) in [5.41, 5.74) is 1.55. The van der Waals surface area contributed by atoms with Gasteiger partial charge in [0.05, 0.1) is 5.60 Å². The molecule has 20 heavy (non-hydrogen) atoms. The van der Waals surface area contributed by atoms with Crippen LogP contribution in [0.4, 0.5) is 0 Å². The highest BCUT2D eigenvalue weighted by Gasteiger charge is 2.38. The van der Waals surface area contributed by atoms with Crippen LogP contribution in [0, 0.1) is 5.92 Å². The molecule has 0 spiro atoms. The molecule has 0 amide bonds. The number of hydrogen-bond acceptors (Lipinski definition) is 2. The third-order valence-electron chi connectivity index (χ3n) is 4.61. The Bertz CT molecular complexity index is 400. The average Bonchev–Trinajstić information content (AvgIpc) is 2.53. The minimum Gasteiger partial charge on any atom is -0.385 e. The van der Waals surface area contributed by atoms with Crippen LogP contribution in [-0.2, 0) is 11.4 Å². The molecule has 1 N–H and O–H groups in total. The maximum Gasteiger partial charge on any atom is 0.0925 e. The lowest BCUT2D eigenvalue weighted by atomic mass is 9.71. The Morgan fingerprint density at radius 3 is 2.35 bits per heavy atom. The van der Waals surface area contributed by atoms with E-state index >= 15 is 0 Å². The van der Waals surface area contributed by atoms with E-state index in [1.165, 1.54) is 24.8 Å². The summed E-state index contributed by atoms with van der Waals surface area (Å²) in [5.74, 6) is 1.73. The summed E-state index contributed by atoms with van der Waals surface area (Å²) in [6, 6.07) is 8.32. The molecule has 1 atom stereocenters. The van der Waals surface area contributed by atoms with Crippen molar-refractivity contribution in [2.24, 2.45) is 5.92 Å². The van der Waals surface area contributed by atoms with Crippen LogP contribution < -0.4 is 0 Å². The van der Waals surface area contributed by atoms with Gasteiger partial charge in [0.25, 0.3) is 0 Å². The number of alkyl halides is 1. The smallest absolute Gasteiger partial charge is 0.0925 e. The minimum absolute atomic E-state index is 0.376. The maximum atomic E-state index is 11.3. The molecule has 1 aromatic rings. The van der Waals surface area contributed by atoms with Crippen LogP contribution in [-0.4, -0.2) is 11.0 Å². The number of benzene rings is 1. The lowest BCUT2D eigenvalue weighted by Crippen LogP contribution is -2.36. The van der Waals surface area contributed by atoms with Crippen molar-refractivity contribution in [2.45, 2.75) is 56.3 Å². The minimum atomic E-state index is -0.704. The predicted octanol–water partition coefficient (Wildman–Crippen LogP) is 4.90. The number of halogens is 1. The van der Waals surface area contributed by atoms with Gasteiger partial charge < -0.3 is 5.11 Å². The third kappa shape index (κ3) is 3.72. The molecule has 112 valence electrons. The molecule has 2 rings (SSSR count). The Labute approximate surface area is 133 Å². The summed E-state index contributed by atoms with van der Waals surface area (Å²) in [5, 5.41) is 11.3. The molecule has 1 nitrogen and oxygen atoms in total. The number of rotatable bonds is 6. The van der Waals surface area contributed by atoms with Crippen molar-refractivity contribution >= 4 is 24.2 Å². The molecule has 1 aliphatic carbocycles. The second-order valence-electron chi connectivity index (χ2n) is 5.91. The summed E-state index contributed by atoms with van der Waals surface area (Å²) in [6.45, 7) is 0. The van der Waals surface area contributed by atoms with Crippen molar-refractivity contribution in [2.75, 3.05) is 5.88 Å². The summed E-state index contributed by atoms with van der Waals surface area (Å²) < 4.78 is 0. The first kappa shape index (κ1) is 16.2. The van der Waals surface area contributed by atoms with Crippen LogP contribution in [0.15, 0.2) is 24.3 Å². The van der Waals surface area contributed by atoms with Crippen LogP contribution in [0.25, 0.3) is 0 Å². The molecule has 1 unspecified atom stereocenters.